The van der Waals surface area contributed by atoms with E-state index in [0.717, 1.165) is 29.0 Å². The van der Waals surface area contributed by atoms with Crippen molar-refractivity contribution in [2.75, 3.05) is 0 Å². The first-order valence-corrected chi connectivity index (χ1v) is 7.65. The Morgan fingerprint density at radius 2 is 2.15 bits per heavy atom. The fraction of sp³-hybridized carbons (Fsp3) is 0.562. The Morgan fingerprint density at radius 3 is 2.85 bits per heavy atom. The minimum Gasteiger partial charge on any atom is -0.481 e. The molecule has 1 aromatic carbocycles. The van der Waals surface area contributed by atoms with Gasteiger partial charge in [0.25, 0.3) is 0 Å². The molecule has 2 aliphatic rings. The number of benzene rings is 1. The maximum atomic E-state index is 11.5. The standard InChI is InChI=1S/C16H20ClNO2/c1-9-2-3-10(6-13(9)17)8-18-15-12-5-4-11(7-12)14(15)16(19)20/h2-3,6,11-12,14-15,18H,4-5,7-8H2,1H3,(H,19,20). The number of hydrogen-bond donors (Lipinski definition) is 2. The molecule has 0 aliphatic heterocycles. The van der Waals surface area contributed by atoms with Crippen molar-refractivity contribution in [3.05, 3.63) is 34.3 Å². The molecule has 2 fully saturated rings. The molecular formula is C16H20ClNO2. The Balaban J connectivity index is 1.68. The molecule has 0 heterocycles. The summed E-state index contributed by atoms with van der Waals surface area (Å²) in [6, 6.07) is 6.14. The van der Waals surface area contributed by atoms with Crippen LogP contribution in [-0.2, 0) is 11.3 Å². The average molecular weight is 294 g/mol. The number of nitrogens with one attached hydrogen (secondary N) is 1. The normalized spacial score (nSPS) is 31.7. The summed E-state index contributed by atoms with van der Waals surface area (Å²) >= 11 is 6.13. The van der Waals surface area contributed by atoms with Crippen LogP contribution >= 0.6 is 11.6 Å². The van der Waals surface area contributed by atoms with Crippen LogP contribution in [0.4, 0.5) is 0 Å². The number of rotatable bonds is 4. The van der Waals surface area contributed by atoms with Gasteiger partial charge < -0.3 is 10.4 Å². The van der Waals surface area contributed by atoms with Crippen LogP contribution in [0.5, 0.6) is 0 Å². The molecule has 3 rings (SSSR count). The van der Waals surface area contributed by atoms with Crippen molar-refractivity contribution in [3.8, 4) is 0 Å². The molecule has 3 nitrogen and oxygen atoms in total. The van der Waals surface area contributed by atoms with Crippen molar-refractivity contribution in [3.63, 3.8) is 0 Å². The van der Waals surface area contributed by atoms with Crippen molar-refractivity contribution >= 4 is 17.6 Å². The molecule has 0 spiro atoms. The molecule has 108 valence electrons. The molecule has 0 radical (unpaired) electrons. The van der Waals surface area contributed by atoms with Gasteiger partial charge in [0.15, 0.2) is 0 Å². The molecule has 2 bridgehead atoms. The van der Waals surface area contributed by atoms with E-state index in [2.05, 4.69) is 11.4 Å². The summed E-state index contributed by atoms with van der Waals surface area (Å²) in [6.45, 7) is 2.67. The molecule has 0 saturated heterocycles. The lowest BCUT2D eigenvalue weighted by Gasteiger charge is -2.29. The summed E-state index contributed by atoms with van der Waals surface area (Å²) in [6.07, 6.45) is 3.32. The van der Waals surface area contributed by atoms with Gasteiger partial charge in [0.1, 0.15) is 0 Å². The first kappa shape index (κ1) is 13.9. The predicted octanol–water partition coefficient (Wildman–Crippen LogP) is 3.24. The topological polar surface area (TPSA) is 49.3 Å². The third-order valence-corrected chi connectivity index (χ3v) is 5.39. The zero-order chi connectivity index (χ0) is 14.3. The molecule has 20 heavy (non-hydrogen) atoms. The third kappa shape index (κ3) is 2.45. The maximum absolute atomic E-state index is 11.5. The van der Waals surface area contributed by atoms with E-state index in [1.807, 2.05) is 19.1 Å². The lowest BCUT2D eigenvalue weighted by Crippen LogP contribution is -2.43. The number of halogens is 1. The molecule has 1 aromatic rings. The number of hydrogen-bond acceptors (Lipinski definition) is 2. The van der Waals surface area contributed by atoms with Crippen molar-refractivity contribution in [2.24, 2.45) is 17.8 Å². The zero-order valence-corrected chi connectivity index (χ0v) is 12.4. The molecule has 4 heteroatoms. The highest BCUT2D eigenvalue weighted by molar-refractivity contribution is 6.31. The van der Waals surface area contributed by atoms with Gasteiger partial charge in [-0.3, -0.25) is 4.79 Å². The van der Waals surface area contributed by atoms with E-state index in [1.165, 1.54) is 6.42 Å². The lowest BCUT2D eigenvalue weighted by atomic mass is 9.84. The van der Waals surface area contributed by atoms with Gasteiger partial charge >= 0.3 is 5.97 Å². The second-order valence-corrected chi connectivity index (χ2v) is 6.59. The Bertz CT molecular complexity index is 531. The van der Waals surface area contributed by atoms with E-state index in [0.29, 0.717) is 18.4 Å². The number of aryl methyl sites for hydroxylation is 1. The zero-order valence-electron chi connectivity index (χ0n) is 11.6. The summed E-state index contributed by atoms with van der Waals surface area (Å²) in [5.41, 5.74) is 2.19. The van der Waals surface area contributed by atoms with Crippen molar-refractivity contribution < 1.29 is 9.90 Å². The minimum absolute atomic E-state index is 0.117. The highest BCUT2D eigenvalue weighted by atomic mass is 35.5. The Kier molecular flexibility index (Phi) is 3.74. The SMILES string of the molecule is Cc1ccc(CNC2C3CCC(C3)C2C(=O)O)cc1Cl. The van der Waals surface area contributed by atoms with Crippen molar-refractivity contribution in [1.82, 2.24) is 5.32 Å². The average Bonchev–Trinajstić information content (AvgIpc) is 3.00. The number of carboxylic acids is 1. The van der Waals surface area contributed by atoms with Crippen LogP contribution in [-0.4, -0.2) is 17.1 Å². The van der Waals surface area contributed by atoms with Gasteiger partial charge in [-0.1, -0.05) is 23.7 Å². The van der Waals surface area contributed by atoms with E-state index in [9.17, 15) is 9.90 Å². The Morgan fingerprint density at radius 1 is 1.40 bits per heavy atom. The highest BCUT2D eigenvalue weighted by Gasteiger charge is 2.50. The van der Waals surface area contributed by atoms with E-state index < -0.39 is 5.97 Å². The molecule has 2 N–H and O–H groups in total. The molecule has 0 aromatic heterocycles. The number of aliphatic carboxylic acids is 1. The van der Waals surface area contributed by atoms with Crippen molar-refractivity contribution in [2.45, 2.75) is 38.8 Å². The van der Waals surface area contributed by atoms with Crippen LogP contribution in [0.25, 0.3) is 0 Å². The van der Waals surface area contributed by atoms with Gasteiger partial charge in [-0.2, -0.15) is 0 Å². The van der Waals surface area contributed by atoms with Crippen LogP contribution < -0.4 is 5.32 Å². The molecule has 0 amide bonds. The first-order chi connectivity index (χ1) is 9.56. The van der Waals surface area contributed by atoms with E-state index in [4.69, 9.17) is 11.6 Å². The molecule has 2 aliphatic carbocycles. The molecule has 4 atom stereocenters. The summed E-state index contributed by atoms with van der Waals surface area (Å²) < 4.78 is 0. The molecule has 2 saturated carbocycles. The van der Waals surface area contributed by atoms with Gasteiger partial charge in [-0.25, -0.2) is 0 Å². The van der Waals surface area contributed by atoms with E-state index in [1.54, 1.807) is 0 Å². The Hall–Kier alpha value is -1.06. The van der Waals surface area contributed by atoms with Crippen LogP contribution in [0.1, 0.15) is 30.4 Å². The molecule has 4 unspecified atom stereocenters. The lowest BCUT2D eigenvalue weighted by molar-refractivity contribution is -0.144. The van der Waals surface area contributed by atoms with Crippen molar-refractivity contribution in [1.29, 1.82) is 0 Å². The van der Waals surface area contributed by atoms with Crippen LogP contribution in [0.15, 0.2) is 18.2 Å². The smallest absolute Gasteiger partial charge is 0.308 e. The predicted molar refractivity (Wildman–Crippen MR) is 78.8 cm³/mol. The van der Waals surface area contributed by atoms with Crippen LogP contribution in [0.3, 0.4) is 0 Å². The monoisotopic (exact) mass is 293 g/mol. The molecular weight excluding hydrogens is 274 g/mol. The Labute approximate surface area is 124 Å². The van der Waals surface area contributed by atoms with E-state index in [-0.39, 0.29) is 12.0 Å². The number of carboxylic acid groups (broad SMARTS) is 1. The van der Waals surface area contributed by atoms with Gasteiger partial charge in [-0.15, -0.1) is 0 Å². The summed E-state index contributed by atoms with van der Waals surface area (Å²) in [7, 11) is 0. The number of carbonyl (C=O) groups is 1. The second-order valence-electron chi connectivity index (χ2n) is 6.19. The van der Waals surface area contributed by atoms with Gasteiger partial charge in [0.05, 0.1) is 5.92 Å². The summed E-state index contributed by atoms with van der Waals surface area (Å²) in [5.74, 6) is 0.0462. The fourth-order valence-corrected chi connectivity index (χ4v) is 4.13. The number of fused-ring (bicyclic) bond motifs is 2. The second kappa shape index (κ2) is 5.38. The first-order valence-electron chi connectivity index (χ1n) is 7.27. The van der Waals surface area contributed by atoms with Gasteiger partial charge in [-0.05, 0) is 55.2 Å². The highest BCUT2D eigenvalue weighted by Crippen LogP contribution is 2.48. The maximum Gasteiger partial charge on any atom is 0.308 e. The quantitative estimate of drug-likeness (QED) is 0.896. The summed E-state index contributed by atoms with van der Waals surface area (Å²) in [5, 5.41) is 13.7. The largest absolute Gasteiger partial charge is 0.481 e. The van der Waals surface area contributed by atoms with E-state index >= 15 is 0 Å². The van der Waals surface area contributed by atoms with Gasteiger partial charge in [0, 0.05) is 17.6 Å². The van der Waals surface area contributed by atoms with Crippen LogP contribution in [0, 0.1) is 24.7 Å². The van der Waals surface area contributed by atoms with Crippen LogP contribution in [0.2, 0.25) is 5.02 Å². The summed E-state index contributed by atoms with van der Waals surface area (Å²) in [4.78, 5) is 11.5. The van der Waals surface area contributed by atoms with Gasteiger partial charge in [0.2, 0.25) is 0 Å². The minimum atomic E-state index is -0.642. The third-order valence-electron chi connectivity index (χ3n) is 4.98. The fourth-order valence-electron chi connectivity index (χ4n) is 3.92.